The lowest BCUT2D eigenvalue weighted by atomic mass is 9.88. The fourth-order valence-corrected chi connectivity index (χ4v) is 6.13. The van der Waals surface area contributed by atoms with Crippen molar-refractivity contribution in [2.45, 2.75) is 49.1 Å². The summed E-state index contributed by atoms with van der Waals surface area (Å²) < 4.78 is 46.0. The summed E-state index contributed by atoms with van der Waals surface area (Å²) in [5.74, 6) is -2.12. The van der Waals surface area contributed by atoms with Gasteiger partial charge in [0, 0.05) is 6.54 Å². The molecule has 0 spiro atoms. The van der Waals surface area contributed by atoms with E-state index in [0.717, 1.165) is 35.2 Å². The van der Waals surface area contributed by atoms with E-state index in [2.05, 4.69) is 5.32 Å². The number of nitrogens with zero attached hydrogens (tertiary/aromatic N) is 1. The van der Waals surface area contributed by atoms with Crippen molar-refractivity contribution in [2.24, 2.45) is 0 Å². The van der Waals surface area contributed by atoms with E-state index in [1.165, 1.54) is 23.8 Å². The molecule has 0 aromatic heterocycles. The van der Waals surface area contributed by atoms with Crippen molar-refractivity contribution in [3.63, 3.8) is 0 Å². The minimum atomic E-state index is -4.20. The smallest absolute Gasteiger partial charge is 0.324 e. The van der Waals surface area contributed by atoms with E-state index >= 15 is 0 Å². The number of fused-ring (bicyclic) bond motifs is 1. The third-order valence-electron chi connectivity index (χ3n) is 5.95. The second kappa shape index (κ2) is 9.38. The number of sulfonamides is 1. The number of halogens is 1. The Hall–Kier alpha value is -2.78. The van der Waals surface area contributed by atoms with Crippen LogP contribution >= 0.6 is 0 Å². The molecule has 0 saturated carbocycles. The first-order valence-electron chi connectivity index (χ1n) is 10.7. The number of hydrogen-bond acceptors (Lipinski definition) is 5. The van der Waals surface area contributed by atoms with Crippen LogP contribution in [0.1, 0.15) is 42.9 Å². The van der Waals surface area contributed by atoms with E-state index in [1.807, 2.05) is 24.3 Å². The van der Waals surface area contributed by atoms with Crippen LogP contribution in [-0.4, -0.2) is 43.8 Å². The van der Waals surface area contributed by atoms with Gasteiger partial charge in [-0.2, -0.15) is 4.31 Å². The van der Waals surface area contributed by atoms with Gasteiger partial charge in [0.1, 0.15) is 16.8 Å². The fourth-order valence-electron chi connectivity index (χ4n) is 4.42. The molecule has 4 rings (SSSR count). The Morgan fingerprint density at radius 2 is 1.81 bits per heavy atom. The average Bonchev–Trinajstić information content (AvgIpc) is 3.29. The summed E-state index contributed by atoms with van der Waals surface area (Å²) in [4.78, 5) is 24.5. The second-order valence-corrected chi connectivity index (χ2v) is 9.88. The fraction of sp³-hybridized carbons (Fsp3) is 0.391. The number of esters is 1. The van der Waals surface area contributed by atoms with Crippen LogP contribution in [-0.2, 0) is 30.8 Å². The summed E-state index contributed by atoms with van der Waals surface area (Å²) in [7, 11) is -4.20. The first kappa shape index (κ1) is 22.4. The van der Waals surface area contributed by atoms with Crippen molar-refractivity contribution in [1.82, 2.24) is 9.62 Å². The quantitative estimate of drug-likeness (QED) is 0.669. The molecule has 2 aromatic rings. The van der Waals surface area contributed by atoms with Gasteiger partial charge in [-0.05, 0) is 55.4 Å². The van der Waals surface area contributed by atoms with Crippen molar-refractivity contribution in [3.05, 3.63) is 65.5 Å². The number of carbonyl (C=O) groups is 2. The predicted octanol–water partition coefficient (Wildman–Crippen LogP) is 2.72. The van der Waals surface area contributed by atoms with Crippen LogP contribution < -0.4 is 5.32 Å². The molecule has 1 fully saturated rings. The van der Waals surface area contributed by atoms with E-state index in [9.17, 15) is 22.4 Å². The number of rotatable bonds is 6. The van der Waals surface area contributed by atoms with Crippen LogP contribution in [0.4, 0.5) is 4.39 Å². The zero-order chi connectivity index (χ0) is 22.7. The Bertz CT molecular complexity index is 1120. The van der Waals surface area contributed by atoms with Crippen LogP contribution in [0.2, 0.25) is 0 Å². The third-order valence-corrected chi connectivity index (χ3v) is 7.89. The van der Waals surface area contributed by atoms with Crippen molar-refractivity contribution in [3.8, 4) is 0 Å². The maximum absolute atomic E-state index is 14.1. The monoisotopic (exact) mass is 460 g/mol. The number of benzene rings is 2. The zero-order valence-corrected chi connectivity index (χ0v) is 18.3. The van der Waals surface area contributed by atoms with Crippen LogP contribution in [0.5, 0.6) is 0 Å². The molecule has 9 heteroatoms. The lowest BCUT2D eigenvalue weighted by molar-refractivity contribution is -0.151. The Morgan fingerprint density at radius 1 is 1.06 bits per heavy atom. The van der Waals surface area contributed by atoms with Gasteiger partial charge in [-0.3, -0.25) is 9.59 Å². The number of aryl methyl sites for hydroxylation is 1. The first-order valence-corrected chi connectivity index (χ1v) is 12.1. The van der Waals surface area contributed by atoms with Gasteiger partial charge in [0.25, 0.3) is 5.91 Å². The summed E-state index contributed by atoms with van der Waals surface area (Å²) in [5, 5.41) is 2.90. The number of nitrogens with one attached hydrogen (secondary N) is 1. The van der Waals surface area contributed by atoms with Gasteiger partial charge in [0.2, 0.25) is 10.0 Å². The van der Waals surface area contributed by atoms with Gasteiger partial charge in [-0.1, -0.05) is 36.4 Å². The molecule has 32 heavy (non-hydrogen) atoms. The average molecular weight is 461 g/mol. The molecule has 2 atom stereocenters. The summed E-state index contributed by atoms with van der Waals surface area (Å²) in [6.07, 6.45) is 3.41. The van der Waals surface area contributed by atoms with Crippen LogP contribution in [0.25, 0.3) is 0 Å². The highest BCUT2D eigenvalue weighted by Crippen LogP contribution is 2.30. The number of hydrogen-bond donors (Lipinski definition) is 1. The maximum atomic E-state index is 14.1. The van der Waals surface area contributed by atoms with Gasteiger partial charge in [-0.15, -0.1) is 0 Å². The molecule has 1 heterocycles. The van der Waals surface area contributed by atoms with Gasteiger partial charge >= 0.3 is 5.97 Å². The van der Waals surface area contributed by atoms with Crippen LogP contribution in [0.15, 0.2) is 53.4 Å². The third kappa shape index (κ3) is 4.54. The van der Waals surface area contributed by atoms with Gasteiger partial charge in [0.05, 0.1) is 6.04 Å². The Balaban J connectivity index is 1.38. The molecule has 1 aliphatic carbocycles. The molecule has 0 radical (unpaired) electrons. The summed E-state index contributed by atoms with van der Waals surface area (Å²) in [5.41, 5.74) is 2.26. The lowest BCUT2D eigenvalue weighted by Gasteiger charge is -2.26. The van der Waals surface area contributed by atoms with E-state index in [1.54, 1.807) is 0 Å². The highest BCUT2D eigenvalue weighted by molar-refractivity contribution is 7.89. The lowest BCUT2D eigenvalue weighted by Crippen LogP contribution is -2.43. The Labute approximate surface area is 186 Å². The molecule has 170 valence electrons. The normalized spacial score (nSPS) is 21.0. The van der Waals surface area contributed by atoms with E-state index in [0.29, 0.717) is 6.42 Å². The van der Waals surface area contributed by atoms with E-state index < -0.39 is 45.3 Å². The second-order valence-electron chi connectivity index (χ2n) is 8.02. The Kier molecular flexibility index (Phi) is 6.57. The van der Waals surface area contributed by atoms with Gasteiger partial charge in [-0.25, -0.2) is 12.8 Å². The molecule has 1 saturated heterocycles. The largest absolute Gasteiger partial charge is 0.454 e. The van der Waals surface area contributed by atoms with Crippen molar-refractivity contribution < 1.29 is 27.1 Å². The molecule has 0 bridgehead atoms. The molecule has 0 unspecified atom stereocenters. The molecule has 1 aliphatic heterocycles. The summed E-state index contributed by atoms with van der Waals surface area (Å²) >= 11 is 0. The predicted molar refractivity (Wildman–Crippen MR) is 115 cm³/mol. The minimum Gasteiger partial charge on any atom is -0.454 e. The van der Waals surface area contributed by atoms with Crippen molar-refractivity contribution in [1.29, 1.82) is 0 Å². The number of ether oxygens (including phenoxy) is 1. The highest BCUT2D eigenvalue weighted by atomic mass is 32.2. The summed E-state index contributed by atoms with van der Waals surface area (Å²) in [6, 6.07) is 11.7. The maximum Gasteiger partial charge on any atom is 0.324 e. The van der Waals surface area contributed by atoms with Crippen LogP contribution in [0, 0.1) is 5.82 Å². The van der Waals surface area contributed by atoms with Crippen molar-refractivity contribution >= 4 is 21.9 Å². The van der Waals surface area contributed by atoms with E-state index in [-0.39, 0.29) is 19.0 Å². The van der Waals surface area contributed by atoms with E-state index in [4.69, 9.17) is 4.74 Å². The molecule has 7 nitrogen and oxygen atoms in total. The topological polar surface area (TPSA) is 92.8 Å². The molecule has 1 N–H and O–H groups in total. The molecule has 1 amide bonds. The first-order chi connectivity index (χ1) is 15.4. The van der Waals surface area contributed by atoms with Gasteiger partial charge in [0.15, 0.2) is 6.61 Å². The molecule has 2 aromatic carbocycles. The van der Waals surface area contributed by atoms with Gasteiger partial charge < -0.3 is 10.1 Å². The molecular weight excluding hydrogens is 435 g/mol. The molecule has 2 aliphatic rings. The zero-order valence-electron chi connectivity index (χ0n) is 17.5. The Morgan fingerprint density at radius 3 is 2.62 bits per heavy atom. The SMILES string of the molecule is O=C(COC(=O)[C@H]1CCCN1S(=O)(=O)c1ccccc1F)N[C@@H]1CCCc2ccccc21. The summed E-state index contributed by atoms with van der Waals surface area (Å²) in [6.45, 7) is -0.414. The standard InChI is InChI=1S/C23H25FN2O5S/c24-18-10-3-4-13-21(18)32(29,30)26-14-6-12-20(26)23(28)31-15-22(27)25-19-11-5-8-16-7-1-2-9-17(16)19/h1-4,7,9-10,13,19-20H,5-6,8,11-12,14-15H2,(H,25,27)/t19-,20-/m1/s1. The molecular formula is C23H25FN2O5S. The number of carbonyl (C=O) groups excluding carboxylic acids is 2. The highest BCUT2D eigenvalue weighted by Gasteiger charge is 2.41. The minimum absolute atomic E-state index is 0.0848. The van der Waals surface area contributed by atoms with Crippen molar-refractivity contribution in [2.75, 3.05) is 13.2 Å². The van der Waals surface area contributed by atoms with Crippen LogP contribution in [0.3, 0.4) is 0 Å². The number of amides is 1.